The maximum absolute atomic E-state index is 5.35. The van der Waals surface area contributed by atoms with Crippen molar-refractivity contribution in [3.8, 4) is 11.5 Å². The van der Waals surface area contributed by atoms with Crippen LogP contribution in [-0.4, -0.2) is 31.3 Å². The minimum Gasteiger partial charge on any atom is -0.493 e. The third kappa shape index (κ3) is 4.87. The fourth-order valence-electron chi connectivity index (χ4n) is 3.07. The Hall–Kier alpha value is -4.19. The molecule has 0 fully saturated rings. The zero-order chi connectivity index (χ0) is 21.5. The fourth-order valence-corrected chi connectivity index (χ4v) is 3.07. The van der Waals surface area contributed by atoms with Crippen LogP contribution in [0.2, 0.25) is 0 Å². The number of amidine groups is 1. The zero-order valence-electron chi connectivity index (χ0n) is 17.3. The SMILES string of the molecule is COc1ccc(/C=N/NC(=Nc2ccccc2)c2ccc3ccccc3n2)cc1OC. The van der Waals surface area contributed by atoms with E-state index in [2.05, 4.69) is 10.5 Å². The maximum Gasteiger partial charge on any atom is 0.173 e. The van der Waals surface area contributed by atoms with Gasteiger partial charge in [-0.3, -0.25) is 5.43 Å². The van der Waals surface area contributed by atoms with Crippen molar-refractivity contribution in [2.24, 2.45) is 10.1 Å². The smallest absolute Gasteiger partial charge is 0.173 e. The summed E-state index contributed by atoms with van der Waals surface area (Å²) in [4.78, 5) is 9.46. The number of hydrazone groups is 1. The number of ether oxygens (including phenoxy) is 2. The number of para-hydroxylation sites is 2. The number of hydrogen-bond donors (Lipinski definition) is 1. The number of benzene rings is 3. The standard InChI is InChI=1S/C25H22N4O2/c1-30-23-15-12-18(16-24(23)31-2)17-26-29-25(27-20-9-4-3-5-10-20)22-14-13-19-8-6-7-11-21(19)28-22/h3-17H,1-2H3,(H,27,29)/b26-17+. The number of rotatable bonds is 6. The number of aromatic nitrogens is 1. The zero-order valence-corrected chi connectivity index (χ0v) is 17.3. The first-order valence-corrected chi connectivity index (χ1v) is 9.78. The summed E-state index contributed by atoms with van der Waals surface area (Å²) < 4.78 is 10.6. The Morgan fingerprint density at radius 2 is 1.61 bits per heavy atom. The molecule has 0 saturated carbocycles. The monoisotopic (exact) mass is 410 g/mol. The highest BCUT2D eigenvalue weighted by atomic mass is 16.5. The van der Waals surface area contributed by atoms with Crippen molar-refractivity contribution in [3.05, 3.63) is 96.2 Å². The topological polar surface area (TPSA) is 68.1 Å². The van der Waals surface area contributed by atoms with Gasteiger partial charge in [-0.25, -0.2) is 9.98 Å². The van der Waals surface area contributed by atoms with E-state index in [4.69, 9.17) is 19.5 Å². The van der Waals surface area contributed by atoms with Crippen molar-refractivity contribution in [1.29, 1.82) is 0 Å². The number of aliphatic imine (C=N–C) groups is 1. The second-order valence-corrected chi connectivity index (χ2v) is 6.67. The number of hydrogen-bond acceptors (Lipinski definition) is 5. The van der Waals surface area contributed by atoms with Crippen molar-refractivity contribution in [2.75, 3.05) is 14.2 Å². The lowest BCUT2D eigenvalue weighted by molar-refractivity contribution is 0.355. The summed E-state index contributed by atoms with van der Waals surface area (Å²) in [6.45, 7) is 0. The molecule has 1 N–H and O–H groups in total. The van der Waals surface area contributed by atoms with Crippen molar-refractivity contribution in [3.63, 3.8) is 0 Å². The Kier molecular flexibility index (Phi) is 6.18. The largest absolute Gasteiger partial charge is 0.493 e. The lowest BCUT2D eigenvalue weighted by Gasteiger charge is -2.08. The third-order valence-corrected chi connectivity index (χ3v) is 4.63. The van der Waals surface area contributed by atoms with Crippen LogP contribution >= 0.6 is 0 Å². The van der Waals surface area contributed by atoms with E-state index >= 15 is 0 Å². The normalized spacial score (nSPS) is 11.6. The molecule has 0 bridgehead atoms. The molecule has 4 aromatic rings. The summed E-state index contributed by atoms with van der Waals surface area (Å²) in [6.07, 6.45) is 1.70. The van der Waals surface area contributed by atoms with Gasteiger partial charge in [0.05, 0.1) is 31.6 Å². The van der Waals surface area contributed by atoms with Crippen LogP contribution in [0.25, 0.3) is 10.9 Å². The van der Waals surface area contributed by atoms with Crippen molar-refractivity contribution >= 4 is 28.6 Å². The van der Waals surface area contributed by atoms with Gasteiger partial charge in [-0.15, -0.1) is 0 Å². The van der Waals surface area contributed by atoms with Crippen LogP contribution in [0.1, 0.15) is 11.3 Å². The fraction of sp³-hybridized carbons (Fsp3) is 0.0800. The Bertz CT molecular complexity index is 1240. The van der Waals surface area contributed by atoms with E-state index < -0.39 is 0 Å². The van der Waals surface area contributed by atoms with Crippen molar-refractivity contribution in [1.82, 2.24) is 10.4 Å². The van der Waals surface area contributed by atoms with E-state index in [1.54, 1.807) is 20.4 Å². The molecule has 0 amide bonds. The van der Waals surface area contributed by atoms with Crippen LogP contribution < -0.4 is 14.9 Å². The molecule has 154 valence electrons. The van der Waals surface area contributed by atoms with Gasteiger partial charge in [0.1, 0.15) is 5.69 Å². The van der Waals surface area contributed by atoms with E-state index in [9.17, 15) is 0 Å². The van der Waals surface area contributed by atoms with Crippen LogP contribution in [0.5, 0.6) is 11.5 Å². The van der Waals surface area contributed by atoms with Gasteiger partial charge in [0.15, 0.2) is 17.3 Å². The van der Waals surface area contributed by atoms with Gasteiger partial charge in [0.2, 0.25) is 0 Å². The number of pyridine rings is 1. The molecule has 0 aliphatic rings. The third-order valence-electron chi connectivity index (χ3n) is 4.63. The Morgan fingerprint density at radius 3 is 2.42 bits per heavy atom. The molecule has 3 aromatic carbocycles. The predicted octanol–water partition coefficient (Wildman–Crippen LogP) is 4.95. The van der Waals surface area contributed by atoms with Crippen molar-refractivity contribution in [2.45, 2.75) is 0 Å². The summed E-state index contributed by atoms with van der Waals surface area (Å²) >= 11 is 0. The number of fused-ring (bicyclic) bond motifs is 1. The van der Waals surface area contributed by atoms with E-state index in [1.807, 2.05) is 84.9 Å². The number of nitrogens with one attached hydrogen (secondary N) is 1. The molecule has 0 saturated heterocycles. The Morgan fingerprint density at radius 1 is 0.839 bits per heavy atom. The molecule has 4 rings (SSSR count). The summed E-state index contributed by atoms with van der Waals surface area (Å²) in [6, 6.07) is 27.2. The minimum atomic E-state index is 0.550. The van der Waals surface area contributed by atoms with Gasteiger partial charge in [0.25, 0.3) is 0 Å². The average molecular weight is 410 g/mol. The van der Waals surface area contributed by atoms with Crippen molar-refractivity contribution < 1.29 is 9.47 Å². The van der Waals surface area contributed by atoms with E-state index in [0.717, 1.165) is 22.2 Å². The van der Waals surface area contributed by atoms with Crippen LogP contribution in [-0.2, 0) is 0 Å². The van der Waals surface area contributed by atoms with Gasteiger partial charge < -0.3 is 9.47 Å². The molecule has 6 nitrogen and oxygen atoms in total. The molecular formula is C25H22N4O2. The van der Waals surface area contributed by atoms with Crippen LogP contribution in [0.4, 0.5) is 5.69 Å². The second kappa shape index (κ2) is 9.54. The summed E-state index contributed by atoms with van der Waals surface area (Å²) in [5.74, 6) is 1.86. The lowest BCUT2D eigenvalue weighted by Crippen LogP contribution is -2.20. The lowest BCUT2D eigenvalue weighted by atomic mass is 10.2. The first-order chi connectivity index (χ1) is 15.3. The molecule has 1 heterocycles. The molecule has 0 atom stereocenters. The van der Waals surface area contributed by atoms with Gasteiger partial charge in [-0.2, -0.15) is 5.10 Å². The Balaban J connectivity index is 1.65. The van der Waals surface area contributed by atoms with E-state index in [-0.39, 0.29) is 0 Å². The van der Waals surface area contributed by atoms with Gasteiger partial charge in [-0.05, 0) is 48.0 Å². The van der Waals surface area contributed by atoms with Crippen LogP contribution in [0, 0.1) is 0 Å². The van der Waals surface area contributed by atoms with Gasteiger partial charge >= 0.3 is 0 Å². The summed E-state index contributed by atoms with van der Waals surface area (Å²) in [5, 5.41) is 5.45. The summed E-state index contributed by atoms with van der Waals surface area (Å²) in [7, 11) is 3.21. The molecule has 0 aliphatic carbocycles. The molecule has 0 spiro atoms. The number of nitrogens with zero attached hydrogens (tertiary/aromatic N) is 3. The van der Waals surface area contributed by atoms with E-state index in [1.165, 1.54) is 0 Å². The minimum absolute atomic E-state index is 0.550. The predicted molar refractivity (Wildman–Crippen MR) is 125 cm³/mol. The highest BCUT2D eigenvalue weighted by molar-refractivity contribution is 6.00. The molecular weight excluding hydrogens is 388 g/mol. The molecule has 31 heavy (non-hydrogen) atoms. The van der Waals surface area contributed by atoms with E-state index in [0.29, 0.717) is 23.0 Å². The molecule has 0 unspecified atom stereocenters. The second-order valence-electron chi connectivity index (χ2n) is 6.67. The highest BCUT2D eigenvalue weighted by Gasteiger charge is 2.07. The average Bonchev–Trinajstić information content (AvgIpc) is 2.83. The molecule has 0 radical (unpaired) electrons. The highest BCUT2D eigenvalue weighted by Crippen LogP contribution is 2.26. The first kappa shape index (κ1) is 20.1. The quantitative estimate of drug-likeness (QED) is 0.277. The van der Waals surface area contributed by atoms with Gasteiger partial charge in [0, 0.05) is 5.39 Å². The first-order valence-electron chi connectivity index (χ1n) is 9.78. The maximum atomic E-state index is 5.35. The Labute approximate surface area is 180 Å². The van der Waals surface area contributed by atoms with Gasteiger partial charge in [-0.1, -0.05) is 42.5 Å². The van der Waals surface area contributed by atoms with Crippen LogP contribution in [0.15, 0.2) is 95.0 Å². The molecule has 1 aromatic heterocycles. The summed E-state index contributed by atoms with van der Waals surface area (Å²) in [5.41, 5.74) is 6.31. The van der Waals surface area contributed by atoms with Crippen LogP contribution in [0.3, 0.4) is 0 Å². The molecule has 6 heteroatoms. The molecule has 0 aliphatic heterocycles. The number of methoxy groups -OCH3 is 2.